The van der Waals surface area contributed by atoms with Gasteiger partial charge in [0.05, 0.1) is 11.1 Å². The summed E-state index contributed by atoms with van der Waals surface area (Å²) in [4.78, 5) is 37.7. The smallest absolute Gasteiger partial charge is 0.488 e. The number of hydrogen-bond donors (Lipinski definition) is 3. The Morgan fingerprint density at radius 2 is 1.44 bits per heavy atom. The summed E-state index contributed by atoms with van der Waals surface area (Å²) in [6.45, 7) is 0.0850. The number of nitrogen functional groups attached to an aromatic ring is 1. The van der Waals surface area contributed by atoms with E-state index in [1.54, 1.807) is 18.2 Å². The van der Waals surface area contributed by atoms with Crippen LogP contribution >= 0.6 is 0 Å². The second-order valence-corrected chi connectivity index (χ2v) is 8.62. The highest BCUT2D eigenvalue weighted by atomic mass is 19.4. The van der Waals surface area contributed by atoms with Crippen molar-refractivity contribution in [3.63, 3.8) is 0 Å². The van der Waals surface area contributed by atoms with Crippen molar-refractivity contribution in [1.82, 2.24) is 0 Å². The Balaban J connectivity index is 1.77. The van der Waals surface area contributed by atoms with Gasteiger partial charge in [-0.2, -0.15) is 13.2 Å². The number of nitrogens with one attached hydrogen (secondary N) is 2. The van der Waals surface area contributed by atoms with Gasteiger partial charge >= 0.3 is 18.1 Å². The topological polar surface area (TPSA) is 132 Å². The molecule has 0 aliphatic heterocycles. The van der Waals surface area contributed by atoms with Crippen LogP contribution in [-0.4, -0.2) is 29.9 Å². The van der Waals surface area contributed by atoms with Gasteiger partial charge in [0, 0.05) is 11.3 Å². The van der Waals surface area contributed by atoms with Crippen molar-refractivity contribution >= 4 is 29.4 Å². The van der Waals surface area contributed by atoms with E-state index in [0.29, 0.717) is 11.3 Å². The first-order chi connectivity index (χ1) is 19.5. The molecular weight excluding hydrogens is 539 g/mol. The number of ether oxygens (including phenoxy) is 2. The molecule has 0 saturated heterocycles. The normalized spacial score (nSPS) is 10.9. The molecule has 0 aromatic heterocycles. The van der Waals surface area contributed by atoms with Crippen LogP contribution in [-0.2, 0) is 16.1 Å². The zero-order valence-electron chi connectivity index (χ0n) is 21.2. The first-order valence-corrected chi connectivity index (χ1v) is 12.0. The van der Waals surface area contributed by atoms with Crippen LogP contribution in [0.3, 0.4) is 0 Å². The van der Waals surface area contributed by atoms with Crippen molar-refractivity contribution in [2.75, 3.05) is 5.32 Å². The van der Waals surface area contributed by atoms with Gasteiger partial charge in [0.15, 0.2) is 0 Å². The average molecular weight is 562 g/mol. The van der Waals surface area contributed by atoms with Crippen LogP contribution in [0.2, 0.25) is 0 Å². The summed E-state index contributed by atoms with van der Waals surface area (Å²) in [5, 5.41) is 10.3. The lowest BCUT2D eigenvalue weighted by molar-refractivity contribution is -0.193. The number of anilines is 1. The van der Waals surface area contributed by atoms with Crippen LogP contribution < -0.4 is 15.8 Å². The Morgan fingerprint density at radius 3 is 2.10 bits per heavy atom. The van der Waals surface area contributed by atoms with E-state index in [4.69, 9.17) is 15.9 Å². The first kappa shape index (κ1) is 28.6. The summed E-state index contributed by atoms with van der Waals surface area (Å²) in [7, 11) is 0. The summed E-state index contributed by atoms with van der Waals surface area (Å²) in [6, 6.07) is 25.3. The number of halogens is 3. The number of amides is 1. The summed E-state index contributed by atoms with van der Waals surface area (Å²) < 4.78 is 48.3. The maximum atomic E-state index is 13.7. The fourth-order valence-corrected chi connectivity index (χ4v) is 3.87. The van der Waals surface area contributed by atoms with Gasteiger partial charge < -0.3 is 20.5 Å². The van der Waals surface area contributed by atoms with E-state index in [0.717, 1.165) is 5.56 Å². The first-order valence-electron chi connectivity index (χ1n) is 12.0. The molecule has 41 heavy (non-hydrogen) atoms. The van der Waals surface area contributed by atoms with Crippen molar-refractivity contribution in [1.29, 1.82) is 5.41 Å². The van der Waals surface area contributed by atoms with Crippen LogP contribution in [0.5, 0.6) is 5.75 Å². The van der Waals surface area contributed by atoms with Crippen LogP contribution in [0.25, 0.3) is 11.1 Å². The number of hydrogen-bond acceptors (Lipinski definition) is 6. The lowest BCUT2D eigenvalue weighted by atomic mass is 9.94. The Morgan fingerprint density at radius 1 is 0.805 bits per heavy atom. The molecule has 0 unspecified atom stereocenters. The Bertz CT molecular complexity index is 1600. The number of carbonyl (C=O) groups is 3. The molecule has 4 aromatic rings. The zero-order chi connectivity index (χ0) is 29.6. The molecule has 0 fully saturated rings. The molecule has 4 aromatic carbocycles. The molecule has 208 valence electrons. The summed E-state index contributed by atoms with van der Waals surface area (Å²) in [5.41, 5.74) is 6.87. The standard InChI is InChI=1S/C30H22F3N3O5/c31-30(32,33)29(39)41-28(38)23-10-5-4-9-21(23)22-11-6-12-24(40-17-18-7-2-1-3-8-18)25(22)27(37)36-20-15-13-19(14-16-20)26(34)35/h1-16H,17H2,(H3,34,35)(H,36,37). The maximum absolute atomic E-state index is 13.7. The van der Waals surface area contributed by atoms with Gasteiger partial charge in [-0.15, -0.1) is 0 Å². The average Bonchev–Trinajstić information content (AvgIpc) is 2.96. The minimum absolute atomic E-state index is 0.0264. The predicted molar refractivity (Wildman–Crippen MR) is 145 cm³/mol. The third-order valence-electron chi connectivity index (χ3n) is 5.80. The van der Waals surface area contributed by atoms with E-state index in [9.17, 15) is 27.6 Å². The molecule has 4 rings (SSSR count). The van der Waals surface area contributed by atoms with Crippen LogP contribution in [0.15, 0.2) is 97.1 Å². The van der Waals surface area contributed by atoms with E-state index in [1.807, 2.05) is 30.3 Å². The van der Waals surface area contributed by atoms with Gasteiger partial charge in [0.2, 0.25) is 0 Å². The van der Waals surface area contributed by atoms with E-state index in [1.165, 1.54) is 48.5 Å². The Hall–Kier alpha value is -5.45. The SMILES string of the molecule is N=C(N)c1ccc(NC(=O)c2c(OCc3ccccc3)cccc2-c2ccccc2C(=O)OC(=O)C(F)(F)F)cc1. The van der Waals surface area contributed by atoms with Gasteiger partial charge in [0.25, 0.3) is 5.91 Å². The maximum Gasteiger partial charge on any atom is 0.491 e. The zero-order valence-corrected chi connectivity index (χ0v) is 21.2. The van der Waals surface area contributed by atoms with E-state index >= 15 is 0 Å². The number of rotatable bonds is 8. The van der Waals surface area contributed by atoms with Gasteiger partial charge in [-0.05, 0) is 53.1 Å². The monoisotopic (exact) mass is 561 g/mol. The Kier molecular flexibility index (Phi) is 8.47. The van der Waals surface area contributed by atoms with Crippen molar-refractivity contribution in [3.8, 4) is 16.9 Å². The third-order valence-corrected chi connectivity index (χ3v) is 5.80. The highest BCUT2D eigenvalue weighted by Crippen LogP contribution is 2.35. The molecule has 11 heteroatoms. The largest absolute Gasteiger partial charge is 0.491 e. The quantitative estimate of drug-likeness (QED) is 0.109. The summed E-state index contributed by atoms with van der Waals surface area (Å²) >= 11 is 0. The second-order valence-electron chi connectivity index (χ2n) is 8.62. The molecule has 4 N–H and O–H groups in total. The molecule has 0 aliphatic carbocycles. The van der Waals surface area contributed by atoms with Crippen molar-refractivity contribution in [2.45, 2.75) is 12.8 Å². The fourth-order valence-electron chi connectivity index (χ4n) is 3.87. The number of carbonyl (C=O) groups excluding carboxylic acids is 3. The van der Waals surface area contributed by atoms with E-state index in [2.05, 4.69) is 10.1 Å². The van der Waals surface area contributed by atoms with Gasteiger partial charge in [-0.25, -0.2) is 9.59 Å². The number of benzene rings is 4. The predicted octanol–water partition coefficient (Wildman–Crippen LogP) is 5.71. The number of alkyl halides is 3. The van der Waals surface area contributed by atoms with E-state index in [-0.39, 0.29) is 40.4 Å². The van der Waals surface area contributed by atoms with Crippen molar-refractivity contribution < 1.29 is 37.0 Å². The van der Waals surface area contributed by atoms with Gasteiger partial charge in [-0.3, -0.25) is 10.2 Å². The number of esters is 2. The highest BCUT2D eigenvalue weighted by molar-refractivity contribution is 6.13. The molecule has 0 radical (unpaired) electrons. The van der Waals surface area contributed by atoms with Crippen LogP contribution in [0.1, 0.15) is 31.8 Å². The van der Waals surface area contributed by atoms with Crippen molar-refractivity contribution in [2.24, 2.45) is 5.73 Å². The third kappa shape index (κ3) is 6.95. The van der Waals surface area contributed by atoms with Crippen LogP contribution in [0, 0.1) is 5.41 Å². The minimum atomic E-state index is -5.38. The molecule has 0 saturated carbocycles. The minimum Gasteiger partial charge on any atom is -0.488 e. The molecule has 1 amide bonds. The summed E-state index contributed by atoms with van der Waals surface area (Å²) in [6.07, 6.45) is -5.38. The molecule has 0 atom stereocenters. The lowest BCUT2D eigenvalue weighted by Gasteiger charge is -2.18. The summed E-state index contributed by atoms with van der Waals surface area (Å²) in [5.74, 6) is -4.89. The van der Waals surface area contributed by atoms with Gasteiger partial charge in [-0.1, -0.05) is 60.7 Å². The highest BCUT2D eigenvalue weighted by Gasteiger charge is 2.43. The number of nitrogens with two attached hydrogens (primary N) is 1. The molecule has 0 spiro atoms. The van der Waals surface area contributed by atoms with Crippen LogP contribution in [0.4, 0.5) is 18.9 Å². The number of amidine groups is 1. The van der Waals surface area contributed by atoms with E-state index < -0.39 is 24.0 Å². The molecule has 8 nitrogen and oxygen atoms in total. The van der Waals surface area contributed by atoms with Crippen molar-refractivity contribution in [3.05, 3.63) is 119 Å². The fraction of sp³-hybridized carbons (Fsp3) is 0.0667. The molecule has 0 bridgehead atoms. The molecule has 0 heterocycles. The van der Waals surface area contributed by atoms with Gasteiger partial charge in [0.1, 0.15) is 18.2 Å². The molecule has 0 aliphatic rings. The Labute approximate surface area is 232 Å². The lowest BCUT2D eigenvalue weighted by Crippen LogP contribution is -2.28. The molecular formula is C30H22F3N3O5. The second kappa shape index (κ2) is 12.2.